The fourth-order valence-electron chi connectivity index (χ4n) is 3.19. The normalized spacial score (nSPS) is 19.7. The molecule has 0 radical (unpaired) electrons. The van der Waals surface area contributed by atoms with Crippen molar-refractivity contribution in [1.29, 1.82) is 0 Å². The van der Waals surface area contributed by atoms with Crippen LogP contribution < -0.4 is 10.6 Å². The number of nitrogens with zero attached hydrogens (tertiary/aromatic N) is 1. The molecular weight excluding hydrogens is 354 g/mol. The third-order valence-electron chi connectivity index (χ3n) is 4.40. The molecular formula is C18H17N3O2S2. The van der Waals surface area contributed by atoms with Gasteiger partial charge in [0.2, 0.25) is 0 Å². The Hall–Kier alpha value is -2.25. The second-order valence-corrected chi connectivity index (χ2v) is 7.85. The summed E-state index contributed by atoms with van der Waals surface area (Å²) < 4.78 is 0. The monoisotopic (exact) mass is 371 g/mol. The molecule has 2 aliphatic rings. The Labute approximate surface area is 154 Å². The van der Waals surface area contributed by atoms with E-state index < -0.39 is 6.04 Å². The van der Waals surface area contributed by atoms with E-state index in [0.717, 1.165) is 15.3 Å². The van der Waals surface area contributed by atoms with Gasteiger partial charge in [-0.25, -0.2) is 4.79 Å². The molecule has 0 saturated heterocycles. The quantitative estimate of drug-likeness (QED) is 0.812. The molecule has 1 atom stereocenters. The average molecular weight is 371 g/mol. The third-order valence-corrected chi connectivity index (χ3v) is 6.00. The van der Waals surface area contributed by atoms with Gasteiger partial charge in [-0.3, -0.25) is 4.79 Å². The van der Waals surface area contributed by atoms with Crippen molar-refractivity contribution in [2.45, 2.75) is 17.5 Å². The van der Waals surface area contributed by atoms with E-state index in [2.05, 4.69) is 10.6 Å². The first-order chi connectivity index (χ1) is 12.2. The molecule has 2 aliphatic heterocycles. The summed E-state index contributed by atoms with van der Waals surface area (Å²) in [6.45, 7) is 1.01. The van der Waals surface area contributed by atoms with Gasteiger partial charge in [-0.2, -0.15) is 0 Å². The Balaban J connectivity index is 1.63. The number of rotatable bonds is 4. The topological polar surface area (TPSA) is 61.4 Å². The molecule has 0 spiro atoms. The summed E-state index contributed by atoms with van der Waals surface area (Å²) in [7, 11) is 0. The highest BCUT2D eigenvalue weighted by Crippen LogP contribution is 2.34. The van der Waals surface area contributed by atoms with Crippen molar-refractivity contribution in [3.05, 3.63) is 63.5 Å². The molecule has 128 valence electrons. The molecule has 2 aromatic rings. The molecule has 0 fully saturated rings. The van der Waals surface area contributed by atoms with Crippen LogP contribution >= 0.6 is 23.1 Å². The van der Waals surface area contributed by atoms with Crippen LogP contribution in [0.2, 0.25) is 0 Å². The lowest BCUT2D eigenvalue weighted by Gasteiger charge is -2.25. The lowest BCUT2D eigenvalue weighted by Crippen LogP contribution is -2.44. The maximum Gasteiger partial charge on any atom is 0.319 e. The molecule has 1 aromatic carbocycles. The van der Waals surface area contributed by atoms with Gasteiger partial charge in [-0.1, -0.05) is 18.2 Å². The van der Waals surface area contributed by atoms with Crippen LogP contribution in [-0.2, 0) is 11.3 Å². The summed E-state index contributed by atoms with van der Waals surface area (Å²) in [6.07, 6.45) is 2.02. The molecule has 2 N–H and O–H groups in total. The molecule has 0 aliphatic carbocycles. The van der Waals surface area contributed by atoms with Crippen LogP contribution in [0.25, 0.3) is 0 Å². The van der Waals surface area contributed by atoms with Gasteiger partial charge in [0, 0.05) is 9.77 Å². The van der Waals surface area contributed by atoms with Crippen molar-refractivity contribution in [1.82, 2.24) is 15.5 Å². The van der Waals surface area contributed by atoms with Gasteiger partial charge in [0.05, 0.1) is 30.4 Å². The number of amides is 3. The summed E-state index contributed by atoms with van der Waals surface area (Å²) >= 11 is 3.29. The van der Waals surface area contributed by atoms with Crippen molar-refractivity contribution >= 4 is 35.0 Å². The van der Waals surface area contributed by atoms with Crippen LogP contribution in [-0.4, -0.2) is 29.6 Å². The minimum Gasteiger partial charge on any atom is -0.328 e. The smallest absolute Gasteiger partial charge is 0.319 e. The molecule has 0 unspecified atom stereocenters. The number of benzene rings is 1. The van der Waals surface area contributed by atoms with Crippen LogP contribution in [0.1, 0.15) is 16.5 Å². The van der Waals surface area contributed by atoms with Crippen LogP contribution in [0.15, 0.2) is 57.9 Å². The van der Waals surface area contributed by atoms with Crippen LogP contribution in [0, 0.1) is 0 Å². The van der Waals surface area contributed by atoms with Crippen LogP contribution in [0.4, 0.5) is 4.79 Å². The number of carbonyl (C=O) groups is 2. The van der Waals surface area contributed by atoms with E-state index in [9.17, 15) is 9.59 Å². The number of urea groups is 1. The van der Waals surface area contributed by atoms with Crippen molar-refractivity contribution in [3.63, 3.8) is 0 Å². The SMILES string of the molecule is CSc1ccc([C@H]2NC(=O)NC3=C2C(=O)N(Cc2cccs2)C3)cc1. The van der Waals surface area contributed by atoms with Crippen LogP contribution in [0.3, 0.4) is 0 Å². The van der Waals surface area contributed by atoms with E-state index in [0.29, 0.717) is 24.4 Å². The highest BCUT2D eigenvalue weighted by molar-refractivity contribution is 7.98. The maximum atomic E-state index is 13.0. The van der Waals surface area contributed by atoms with Gasteiger partial charge < -0.3 is 15.5 Å². The Morgan fingerprint density at radius 2 is 2.04 bits per heavy atom. The standard InChI is InChI=1S/C18H17N3O2S2/c1-24-12-6-4-11(5-7-12)16-15-14(19-18(23)20-16)10-21(17(15)22)9-13-3-2-8-25-13/h2-8,16H,9-10H2,1H3,(H2,19,20,23)/t16-/m1/s1. The summed E-state index contributed by atoms with van der Waals surface area (Å²) in [5, 5.41) is 7.70. The first-order valence-electron chi connectivity index (χ1n) is 7.92. The maximum absolute atomic E-state index is 13.0. The zero-order valence-corrected chi connectivity index (χ0v) is 15.2. The first-order valence-corrected chi connectivity index (χ1v) is 10.0. The van der Waals surface area contributed by atoms with Gasteiger partial charge in [0.15, 0.2) is 0 Å². The van der Waals surface area contributed by atoms with Crippen LogP contribution in [0.5, 0.6) is 0 Å². The number of carbonyl (C=O) groups excluding carboxylic acids is 2. The van der Waals surface area contributed by atoms with Gasteiger partial charge in [0.1, 0.15) is 0 Å². The number of thiophene rings is 1. The molecule has 5 nitrogen and oxygen atoms in total. The molecule has 1 aromatic heterocycles. The minimum atomic E-state index is -0.402. The second kappa shape index (κ2) is 6.57. The largest absolute Gasteiger partial charge is 0.328 e. The Morgan fingerprint density at radius 1 is 1.24 bits per heavy atom. The summed E-state index contributed by atoms with van der Waals surface area (Å²) in [6, 6.07) is 11.3. The molecule has 3 amide bonds. The molecule has 0 bridgehead atoms. The van der Waals surface area contributed by atoms with E-state index in [-0.39, 0.29) is 11.9 Å². The molecule has 3 heterocycles. The fraction of sp³-hybridized carbons (Fsp3) is 0.222. The van der Waals surface area contributed by atoms with E-state index in [1.165, 1.54) is 0 Å². The first kappa shape index (κ1) is 16.2. The zero-order valence-electron chi connectivity index (χ0n) is 13.6. The molecule has 0 saturated carbocycles. The highest BCUT2D eigenvalue weighted by atomic mass is 32.2. The fourth-order valence-corrected chi connectivity index (χ4v) is 4.32. The van der Waals surface area contributed by atoms with Crippen molar-refractivity contribution in [2.75, 3.05) is 12.8 Å². The zero-order chi connectivity index (χ0) is 17.4. The third kappa shape index (κ3) is 3.05. The summed E-state index contributed by atoms with van der Waals surface area (Å²) in [4.78, 5) is 29.1. The summed E-state index contributed by atoms with van der Waals surface area (Å²) in [5.41, 5.74) is 2.28. The number of nitrogens with one attached hydrogen (secondary N) is 2. The molecule has 25 heavy (non-hydrogen) atoms. The van der Waals surface area contributed by atoms with Gasteiger partial charge in [-0.05, 0) is 35.4 Å². The van der Waals surface area contributed by atoms with E-state index >= 15 is 0 Å². The van der Waals surface area contributed by atoms with Gasteiger partial charge in [0.25, 0.3) is 5.91 Å². The number of hydrogen-bond acceptors (Lipinski definition) is 4. The van der Waals surface area contributed by atoms with E-state index in [1.54, 1.807) is 28.0 Å². The van der Waals surface area contributed by atoms with E-state index in [4.69, 9.17) is 0 Å². The van der Waals surface area contributed by atoms with Crippen molar-refractivity contribution in [2.24, 2.45) is 0 Å². The average Bonchev–Trinajstić information content (AvgIpc) is 3.23. The number of hydrogen-bond donors (Lipinski definition) is 2. The molecule has 4 rings (SSSR count). The second-order valence-electron chi connectivity index (χ2n) is 5.94. The molecule has 7 heteroatoms. The van der Waals surface area contributed by atoms with Gasteiger partial charge in [-0.15, -0.1) is 23.1 Å². The lowest BCUT2D eigenvalue weighted by atomic mass is 9.96. The Bertz CT molecular complexity index is 844. The lowest BCUT2D eigenvalue weighted by molar-refractivity contribution is -0.126. The number of thioether (sulfide) groups is 1. The highest BCUT2D eigenvalue weighted by Gasteiger charge is 2.40. The minimum absolute atomic E-state index is 0.0187. The summed E-state index contributed by atoms with van der Waals surface area (Å²) in [5.74, 6) is -0.0187. The Morgan fingerprint density at radius 3 is 2.72 bits per heavy atom. The van der Waals surface area contributed by atoms with Crippen molar-refractivity contribution < 1.29 is 9.59 Å². The van der Waals surface area contributed by atoms with E-state index in [1.807, 2.05) is 48.0 Å². The van der Waals surface area contributed by atoms with Gasteiger partial charge >= 0.3 is 6.03 Å². The predicted molar refractivity (Wildman–Crippen MR) is 99.4 cm³/mol. The van der Waals surface area contributed by atoms with Crippen molar-refractivity contribution in [3.8, 4) is 0 Å². The predicted octanol–water partition coefficient (Wildman–Crippen LogP) is 3.12. The Kier molecular flexibility index (Phi) is 4.27.